The molecule has 0 aromatic heterocycles. The van der Waals surface area contributed by atoms with Gasteiger partial charge in [-0.05, 0) is 31.6 Å². The molecule has 0 aromatic rings. The largest absolute Gasteiger partial charge is 0.299 e. The standard InChI is InChI=1S/C19H32O2/c1-2-3-4-5-6-7-8-9-10-16-12-11-15-13-14-17(20)18(15)19(16)21/h15-16,18H,2-14H2,1H3. The van der Waals surface area contributed by atoms with Gasteiger partial charge >= 0.3 is 0 Å². The Kier molecular flexibility index (Phi) is 6.92. The lowest BCUT2D eigenvalue weighted by Gasteiger charge is -2.29. The average molecular weight is 292 g/mol. The van der Waals surface area contributed by atoms with E-state index in [1.54, 1.807) is 0 Å². The number of Topliss-reactive ketones (excluding diaryl/α,β-unsaturated/α-hetero) is 2. The lowest BCUT2D eigenvalue weighted by molar-refractivity contribution is -0.137. The summed E-state index contributed by atoms with van der Waals surface area (Å²) in [5.41, 5.74) is 0. The fourth-order valence-corrected chi connectivity index (χ4v) is 4.24. The molecule has 2 nitrogen and oxygen atoms in total. The van der Waals surface area contributed by atoms with E-state index < -0.39 is 0 Å². The first-order chi connectivity index (χ1) is 10.2. The van der Waals surface area contributed by atoms with Crippen LogP contribution in [0.1, 0.15) is 90.4 Å². The SMILES string of the molecule is CCCCCCCCCCC1CCC2CCC(=O)C2C1=O. The van der Waals surface area contributed by atoms with Crippen molar-refractivity contribution in [3.8, 4) is 0 Å². The number of hydrogen-bond acceptors (Lipinski definition) is 2. The molecule has 3 unspecified atom stereocenters. The molecule has 2 aliphatic carbocycles. The summed E-state index contributed by atoms with van der Waals surface area (Å²) in [5, 5.41) is 0. The minimum Gasteiger partial charge on any atom is -0.299 e. The lowest BCUT2D eigenvalue weighted by atomic mass is 9.73. The zero-order chi connectivity index (χ0) is 15.1. The summed E-state index contributed by atoms with van der Waals surface area (Å²) in [7, 11) is 0. The summed E-state index contributed by atoms with van der Waals surface area (Å²) < 4.78 is 0. The summed E-state index contributed by atoms with van der Waals surface area (Å²) in [4.78, 5) is 24.3. The molecule has 0 N–H and O–H groups in total. The molecule has 0 aromatic carbocycles. The van der Waals surface area contributed by atoms with E-state index in [4.69, 9.17) is 0 Å². The molecular weight excluding hydrogens is 260 g/mol. The maximum absolute atomic E-state index is 12.4. The molecule has 0 heterocycles. The van der Waals surface area contributed by atoms with E-state index in [0.29, 0.717) is 18.1 Å². The van der Waals surface area contributed by atoms with E-state index in [9.17, 15) is 9.59 Å². The fourth-order valence-electron chi connectivity index (χ4n) is 4.24. The molecule has 0 bridgehead atoms. The van der Waals surface area contributed by atoms with Crippen molar-refractivity contribution in [1.29, 1.82) is 0 Å². The van der Waals surface area contributed by atoms with Crippen molar-refractivity contribution >= 4 is 11.6 Å². The summed E-state index contributed by atoms with van der Waals surface area (Å²) in [6.45, 7) is 2.25. The molecule has 3 atom stereocenters. The number of rotatable bonds is 9. The van der Waals surface area contributed by atoms with Crippen molar-refractivity contribution in [2.75, 3.05) is 0 Å². The van der Waals surface area contributed by atoms with Gasteiger partial charge in [-0.15, -0.1) is 0 Å². The third kappa shape index (κ3) is 4.66. The Labute approximate surface area is 130 Å². The Balaban J connectivity index is 1.58. The Morgan fingerprint density at radius 2 is 1.52 bits per heavy atom. The minimum atomic E-state index is -0.196. The molecule has 2 rings (SSSR count). The molecule has 2 heteroatoms. The molecule has 0 spiro atoms. The number of hydrogen-bond donors (Lipinski definition) is 0. The van der Waals surface area contributed by atoms with Crippen LogP contribution in [0.25, 0.3) is 0 Å². The van der Waals surface area contributed by atoms with E-state index in [1.165, 1.54) is 51.4 Å². The van der Waals surface area contributed by atoms with Crippen molar-refractivity contribution in [3.63, 3.8) is 0 Å². The third-order valence-electron chi connectivity index (χ3n) is 5.58. The summed E-state index contributed by atoms with van der Waals surface area (Å²) in [5.74, 6) is 0.952. The highest BCUT2D eigenvalue weighted by molar-refractivity contribution is 6.05. The zero-order valence-corrected chi connectivity index (χ0v) is 13.7. The number of carbonyl (C=O) groups is 2. The van der Waals surface area contributed by atoms with Crippen LogP contribution < -0.4 is 0 Å². The Bertz CT molecular complexity index is 347. The number of carbonyl (C=O) groups excluding carboxylic acids is 2. The van der Waals surface area contributed by atoms with Gasteiger partial charge in [-0.2, -0.15) is 0 Å². The maximum atomic E-state index is 12.4. The molecular formula is C19H32O2. The summed E-state index contributed by atoms with van der Waals surface area (Å²) in [6, 6.07) is 0. The van der Waals surface area contributed by atoms with Gasteiger partial charge in [0.05, 0.1) is 5.92 Å². The second kappa shape index (κ2) is 8.70. The molecule has 0 amide bonds. The topological polar surface area (TPSA) is 34.1 Å². The second-order valence-corrected chi connectivity index (χ2v) is 7.18. The number of unbranched alkanes of at least 4 members (excludes halogenated alkanes) is 7. The predicted molar refractivity (Wildman–Crippen MR) is 86.2 cm³/mol. The smallest absolute Gasteiger partial charge is 0.146 e. The van der Waals surface area contributed by atoms with E-state index in [2.05, 4.69) is 6.92 Å². The second-order valence-electron chi connectivity index (χ2n) is 7.18. The van der Waals surface area contributed by atoms with Crippen LogP contribution in [-0.2, 0) is 9.59 Å². The van der Waals surface area contributed by atoms with Gasteiger partial charge in [0.1, 0.15) is 11.6 Å². The van der Waals surface area contributed by atoms with Crippen LogP contribution in [0.5, 0.6) is 0 Å². The number of fused-ring (bicyclic) bond motifs is 1. The highest BCUT2D eigenvalue weighted by atomic mass is 16.2. The van der Waals surface area contributed by atoms with Gasteiger partial charge in [-0.1, -0.05) is 58.3 Å². The molecule has 0 radical (unpaired) electrons. The highest BCUT2D eigenvalue weighted by Gasteiger charge is 2.45. The molecule has 0 aliphatic heterocycles. The van der Waals surface area contributed by atoms with Gasteiger partial charge in [-0.3, -0.25) is 9.59 Å². The molecule has 2 saturated carbocycles. The van der Waals surface area contributed by atoms with E-state index >= 15 is 0 Å². The van der Waals surface area contributed by atoms with Crippen molar-refractivity contribution in [1.82, 2.24) is 0 Å². The summed E-state index contributed by atoms with van der Waals surface area (Å²) in [6.07, 6.45) is 15.4. The van der Waals surface area contributed by atoms with Crippen LogP contribution in [0.15, 0.2) is 0 Å². The minimum absolute atomic E-state index is 0.196. The predicted octanol–water partition coefficient (Wildman–Crippen LogP) is 5.09. The Hall–Kier alpha value is -0.660. The van der Waals surface area contributed by atoms with E-state index in [1.807, 2.05) is 0 Å². The lowest BCUT2D eigenvalue weighted by Crippen LogP contribution is -2.35. The van der Waals surface area contributed by atoms with Crippen molar-refractivity contribution in [3.05, 3.63) is 0 Å². The average Bonchev–Trinajstić information content (AvgIpc) is 2.86. The van der Waals surface area contributed by atoms with E-state index in [0.717, 1.165) is 25.7 Å². The molecule has 2 aliphatic rings. The van der Waals surface area contributed by atoms with Gasteiger partial charge in [-0.25, -0.2) is 0 Å². The molecule has 120 valence electrons. The maximum Gasteiger partial charge on any atom is 0.146 e. The normalized spacial score (nSPS) is 28.9. The van der Waals surface area contributed by atoms with Crippen LogP contribution in [0.3, 0.4) is 0 Å². The van der Waals surface area contributed by atoms with Crippen LogP contribution >= 0.6 is 0 Å². The summed E-state index contributed by atoms with van der Waals surface area (Å²) >= 11 is 0. The van der Waals surface area contributed by atoms with Gasteiger partial charge in [0.25, 0.3) is 0 Å². The van der Waals surface area contributed by atoms with Crippen molar-refractivity contribution in [2.24, 2.45) is 17.8 Å². The quantitative estimate of drug-likeness (QED) is 0.438. The molecule has 21 heavy (non-hydrogen) atoms. The zero-order valence-electron chi connectivity index (χ0n) is 13.7. The fraction of sp³-hybridized carbons (Fsp3) is 0.895. The third-order valence-corrected chi connectivity index (χ3v) is 5.58. The van der Waals surface area contributed by atoms with Crippen molar-refractivity contribution < 1.29 is 9.59 Å². The van der Waals surface area contributed by atoms with E-state index in [-0.39, 0.29) is 17.6 Å². The first kappa shape index (κ1) is 16.7. The molecule has 0 saturated heterocycles. The van der Waals surface area contributed by atoms with Gasteiger partial charge < -0.3 is 0 Å². The van der Waals surface area contributed by atoms with Crippen LogP contribution in [0.2, 0.25) is 0 Å². The van der Waals surface area contributed by atoms with Gasteiger partial charge in [0, 0.05) is 12.3 Å². The van der Waals surface area contributed by atoms with Crippen LogP contribution in [0.4, 0.5) is 0 Å². The number of ketones is 2. The van der Waals surface area contributed by atoms with Gasteiger partial charge in [0.2, 0.25) is 0 Å². The Morgan fingerprint density at radius 3 is 2.24 bits per heavy atom. The first-order valence-corrected chi connectivity index (χ1v) is 9.30. The monoisotopic (exact) mass is 292 g/mol. The van der Waals surface area contributed by atoms with Crippen LogP contribution in [-0.4, -0.2) is 11.6 Å². The molecule has 2 fully saturated rings. The van der Waals surface area contributed by atoms with Gasteiger partial charge in [0.15, 0.2) is 0 Å². The highest BCUT2D eigenvalue weighted by Crippen LogP contribution is 2.41. The first-order valence-electron chi connectivity index (χ1n) is 9.30. The Morgan fingerprint density at radius 1 is 0.857 bits per heavy atom. The van der Waals surface area contributed by atoms with Crippen LogP contribution in [0, 0.1) is 17.8 Å². The van der Waals surface area contributed by atoms with Crippen molar-refractivity contribution in [2.45, 2.75) is 90.4 Å².